The van der Waals surface area contributed by atoms with Crippen LogP contribution in [0, 0.1) is 11.6 Å². The zero-order valence-electron chi connectivity index (χ0n) is 9.31. The third-order valence-corrected chi connectivity index (χ3v) is 3.22. The molecule has 0 fully saturated rings. The van der Waals surface area contributed by atoms with E-state index in [2.05, 4.69) is 5.32 Å². The Labute approximate surface area is 110 Å². The predicted octanol–water partition coefficient (Wildman–Crippen LogP) is 2.98. The van der Waals surface area contributed by atoms with Crippen LogP contribution in [0.5, 0.6) is 0 Å². The lowest BCUT2D eigenvalue weighted by Gasteiger charge is -2.03. The lowest BCUT2D eigenvalue weighted by molar-refractivity contribution is 0.0702. The number of nitrogens with one attached hydrogen (secondary N) is 1. The Morgan fingerprint density at radius 1 is 1.16 bits per heavy atom. The summed E-state index contributed by atoms with van der Waals surface area (Å²) in [5.41, 5.74) is -0.313. The third kappa shape index (κ3) is 2.94. The molecule has 1 amide bonds. The Morgan fingerprint density at radius 2 is 1.89 bits per heavy atom. The monoisotopic (exact) mass is 283 g/mol. The van der Waals surface area contributed by atoms with Crippen molar-refractivity contribution >= 4 is 28.2 Å². The Bertz CT molecular complexity index is 654. The van der Waals surface area contributed by atoms with Gasteiger partial charge in [0.15, 0.2) is 0 Å². The highest BCUT2D eigenvalue weighted by atomic mass is 32.1. The van der Waals surface area contributed by atoms with Crippen molar-refractivity contribution in [2.24, 2.45) is 0 Å². The van der Waals surface area contributed by atoms with E-state index in [0.717, 1.165) is 23.5 Å². The molecule has 0 saturated carbocycles. The van der Waals surface area contributed by atoms with Crippen LogP contribution in [0.25, 0.3) is 0 Å². The fourth-order valence-electron chi connectivity index (χ4n) is 1.37. The summed E-state index contributed by atoms with van der Waals surface area (Å²) in [6, 6.07) is 5.31. The van der Waals surface area contributed by atoms with Gasteiger partial charge < -0.3 is 10.4 Å². The van der Waals surface area contributed by atoms with Gasteiger partial charge in [0.25, 0.3) is 5.91 Å². The summed E-state index contributed by atoms with van der Waals surface area (Å²) in [5, 5.41) is 11.3. The van der Waals surface area contributed by atoms with Gasteiger partial charge in [-0.15, -0.1) is 11.3 Å². The van der Waals surface area contributed by atoms with Crippen LogP contribution in [-0.2, 0) is 0 Å². The molecule has 4 nitrogen and oxygen atoms in total. The second-order valence-electron chi connectivity index (χ2n) is 3.55. The second kappa shape index (κ2) is 5.15. The Kier molecular flexibility index (Phi) is 3.57. The van der Waals surface area contributed by atoms with Crippen LogP contribution in [0.1, 0.15) is 20.0 Å². The zero-order chi connectivity index (χ0) is 14.0. The maximum atomic E-state index is 13.3. The highest BCUT2D eigenvalue weighted by Crippen LogP contribution is 2.22. The van der Waals surface area contributed by atoms with Crippen LogP contribution in [0.15, 0.2) is 30.3 Å². The normalized spacial score (nSPS) is 10.2. The molecule has 1 heterocycles. The molecule has 0 unspecified atom stereocenters. The summed E-state index contributed by atoms with van der Waals surface area (Å²) in [4.78, 5) is 22.4. The van der Waals surface area contributed by atoms with Gasteiger partial charge >= 0.3 is 5.97 Å². The molecule has 0 aliphatic heterocycles. The molecule has 19 heavy (non-hydrogen) atoms. The topological polar surface area (TPSA) is 66.4 Å². The van der Waals surface area contributed by atoms with Crippen molar-refractivity contribution in [3.05, 3.63) is 52.4 Å². The van der Waals surface area contributed by atoms with Gasteiger partial charge in [0.1, 0.15) is 16.5 Å². The average molecular weight is 283 g/mol. The first-order valence-corrected chi connectivity index (χ1v) is 5.88. The molecule has 2 N–H and O–H groups in total. The molecule has 0 aliphatic carbocycles. The summed E-state index contributed by atoms with van der Waals surface area (Å²) in [5.74, 6) is -3.64. The third-order valence-electron chi connectivity index (χ3n) is 2.23. The van der Waals surface area contributed by atoms with Gasteiger partial charge in [-0.05, 0) is 24.3 Å². The number of amides is 1. The number of anilines is 1. The Hall–Kier alpha value is -2.28. The van der Waals surface area contributed by atoms with E-state index in [9.17, 15) is 18.4 Å². The minimum Gasteiger partial charge on any atom is -0.477 e. The maximum Gasteiger partial charge on any atom is 0.345 e. The van der Waals surface area contributed by atoms with Gasteiger partial charge in [-0.1, -0.05) is 0 Å². The van der Waals surface area contributed by atoms with E-state index < -0.39 is 23.5 Å². The van der Waals surface area contributed by atoms with Crippen LogP contribution in [0.4, 0.5) is 13.8 Å². The highest BCUT2D eigenvalue weighted by Gasteiger charge is 2.14. The number of hydrogen-bond donors (Lipinski definition) is 2. The number of hydrogen-bond acceptors (Lipinski definition) is 3. The highest BCUT2D eigenvalue weighted by molar-refractivity contribution is 7.18. The van der Waals surface area contributed by atoms with Crippen LogP contribution in [0.3, 0.4) is 0 Å². The minimum absolute atomic E-state index is 0.0508. The van der Waals surface area contributed by atoms with Gasteiger partial charge in [0.2, 0.25) is 0 Å². The van der Waals surface area contributed by atoms with E-state index in [-0.39, 0.29) is 15.4 Å². The summed E-state index contributed by atoms with van der Waals surface area (Å²) >= 11 is 0.845. The number of thiophene rings is 1. The second-order valence-corrected chi connectivity index (χ2v) is 4.63. The van der Waals surface area contributed by atoms with Gasteiger partial charge in [-0.3, -0.25) is 4.79 Å². The number of rotatable bonds is 3. The van der Waals surface area contributed by atoms with Crippen LogP contribution in [-0.4, -0.2) is 17.0 Å². The molecule has 0 radical (unpaired) electrons. The maximum absolute atomic E-state index is 13.3. The van der Waals surface area contributed by atoms with E-state index in [0.29, 0.717) is 6.07 Å². The summed E-state index contributed by atoms with van der Waals surface area (Å²) < 4.78 is 26.0. The molecule has 0 bridgehead atoms. The molecule has 98 valence electrons. The first kappa shape index (κ1) is 13.2. The van der Waals surface area contributed by atoms with Crippen molar-refractivity contribution in [2.45, 2.75) is 0 Å². The number of carboxylic acids is 1. The number of benzene rings is 1. The Morgan fingerprint density at radius 3 is 2.47 bits per heavy atom. The SMILES string of the molecule is O=C(O)c1ccc(NC(=O)c2ccc(F)cc2F)s1. The molecule has 0 spiro atoms. The molecule has 2 rings (SSSR count). The van der Waals surface area contributed by atoms with Crippen molar-refractivity contribution in [1.29, 1.82) is 0 Å². The summed E-state index contributed by atoms with van der Waals surface area (Å²) in [7, 11) is 0. The first-order valence-electron chi connectivity index (χ1n) is 5.07. The number of halogens is 2. The Balaban J connectivity index is 2.18. The van der Waals surface area contributed by atoms with Gasteiger partial charge in [0, 0.05) is 6.07 Å². The average Bonchev–Trinajstić information content (AvgIpc) is 2.77. The predicted molar refractivity (Wildman–Crippen MR) is 65.6 cm³/mol. The minimum atomic E-state index is -1.11. The lowest BCUT2D eigenvalue weighted by Crippen LogP contribution is -2.13. The van der Waals surface area contributed by atoms with Crippen molar-refractivity contribution in [3.63, 3.8) is 0 Å². The lowest BCUT2D eigenvalue weighted by atomic mass is 10.2. The van der Waals surface area contributed by atoms with E-state index in [1.54, 1.807) is 0 Å². The molecule has 1 aromatic carbocycles. The van der Waals surface area contributed by atoms with E-state index in [1.807, 2.05) is 0 Å². The van der Waals surface area contributed by atoms with Crippen LogP contribution >= 0.6 is 11.3 Å². The number of aromatic carboxylic acids is 1. The smallest absolute Gasteiger partial charge is 0.345 e. The fourth-order valence-corrected chi connectivity index (χ4v) is 2.11. The molecule has 2 aromatic rings. The largest absolute Gasteiger partial charge is 0.477 e. The summed E-state index contributed by atoms with van der Waals surface area (Å²) in [6.45, 7) is 0. The van der Waals surface area contributed by atoms with Crippen molar-refractivity contribution < 1.29 is 23.5 Å². The molecule has 1 aromatic heterocycles. The van der Waals surface area contributed by atoms with Gasteiger partial charge in [0.05, 0.1) is 10.6 Å². The van der Waals surface area contributed by atoms with Crippen LogP contribution < -0.4 is 5.32 Å². The first-order chi connectivity index (χ1) is 8.97. The van der Waals surface area contributed by atoms with E-state index >= 15 is 0 Å². The molecular formula is C12H7F2NO3S. The van der Waals surface area contributed by atoms with E-state index in [4.69, 9.17) is 5.11 Å². The number of carboxylic acid groups (broad SMARTS) is 1. The molecule has 0 saturated heterocycles. The molecule has 0 atom stereocenters. The van der Waals surface area contributed by atoms with Crippen molar-refractivity contribution in [2.75, 3.05) is 5.32 Å². The quantitative estimate of drug-likeness (QED) is 0.910. The van der Waals surface area contributed by atoms with E-state index in [1.165, 1.54) is 12.1 Å². The van der Waals surface area contributed by atoms with Crippen LogP contribution in [0.2, 0.25) is 0 Å². The van der Waals surface area contributed by atoms with Crippen molar-refractivity contribution in [1.82, 2.24) is 0 Å². The zero-order valence-corrected chi connectivity index (χ0v) is 10.1. The fraction of sp³-hybridized carbons (Fsp3) is 0. The summed E-state index contributed by atoms with van der Waals surface area (Å²) in [6.07, 6.45) is 0. The van der Waals surface area contributed by atoms with Gasteiger partial charge in [-0.2, -0.15) is 0 Å². The molecule has 0 aliphatic rings. The molecule has 7 heteroatoms. The van der Waals surface area contributed by atoms with Crippen molar-refractivity contribution in [3.8, 4) is 0 Å². The number of carbonyl (C=O) groups is 2. The van der Waals surface area contributed by atoms with Gasteiger partial charge in [-0.25, -0.2) is 13.6 Å². The standard InChI is InChI=1S/C12H7F2NO3S/c13-6-1-2-7(8(14)5-6)11(16)15-10-4-3-9(19-10)12(17)18/h1-5H,(H,15,16)(H,17,18). The molecular weight excluding hydrogens is 276 g/mol. The number of carbonyl (C=O) groups excluding carboxylic acids is 1.